The molecule has 0 bridgehead atoms. The van der Waals surface area contributed by atoms with Crippen molar-refractivity contribution in [3.05, 3.63) is 35.7 Å². The highest BCUT2D eigenvalue weighted by atomic mass is 28.5. The van der Waals surface area contributed by atoms with Gasteiger partial charge in [0.05, 0.1) is 0 Å². The summed E-state index contributed by atoms with van der Waals surface area (Å²) in [6.07, 6.45) is -23.4. The molecule has 1 unspecified atom stereocenters. The molecule has 0 radical (unpaired) electrons. The second kappa shape index (κ2) is 53.2. The zero-order valence-electron chi connectivity index (χ0n) is 75.5. The molecule has 149 heavy (non-hydrogen) atoms. The lowest BCUT2D eigenvalue weighted by molar-refractivity contribution is -0.450. The van der Waals surface area contributed by atoms with E-state index in [1.54, 1.807) is 11.9 Å². The summed E-state index contributed by atoms with van der Waals surface area (Å²) in [5.74, 6) is -173. The number of hydrogen-bond acceptors (Lipinski definition) is 21. The van der Waals surface area contributed by atoms with E-state index in [4.69, 9.17) is 4.12 Å². The summed E-state index contributed by atoms with van der Waals surface area (Å²) >= 11 is 0. The molecule has 894 valence electrons. The summed E-state index contributed by atoms with van der Waals surface area (Å²) in [5, 5.41) is 17.4. The summed E-state index contributed by atoms with van der Waals surface area (Å²) in [4.78, 5) is 108. The smallest absolute Gasteiger partial charge is 0.411 e. The van der Waals surface area contributed by atoms with Gasteiger partial charge in [-0.15, -0.1) is 0 Å². The lowest BCUT2D eigenvalue weighted by Gasteiger charge is -2.41. The Hall–Kier alpha value is -4.24. The molecule has 0 aromatic rings. The molecule has 0 saturated carbocycles. The predicted octanol–water partition coefficient (Wildman–Crippen LogP) is 17.4. The predicted molar refractivity (Wildman–Crippen MR) is 409 cm³/mol. The van der Waals surface area contributed by atoms with Crippen LogP contribution in [0.2, 0.25) is 42.8 Å². The first-order valence-corrected chi connectivity index (χ1v) is 53.7. The average Bonchev–Trinajstić information content (AvgIpc) is 0.696. The zero-order chi connectivity index (χ0) is 119. The summed E-state index contributed by atoms with van der Waals surface area (Å²) in [5.41, 5.74) is 0. The molecular formula is C66H95F56N7O14Si6. The van der Waals surface area contributed by atoms with E-state index in [9.17, 15) is 299 Å². The van der Waals surface area contributed by atoms with Crippen molar-refractivity contribution >= 4 is 52.6 Å². The van der Waals surface area contributed by atoms with Crippen molar-refractivity contribution in [1.82, 2.24) is 37.2 Å². The van der Waals surface area contributed by atoms with Crippen molar-refractivity contribution in [2.45, 2.75) is 283 Å². The molecule has 0 aromatic heterocycles. The Morgan fingerprint density at radius 2 is 0.423 bits per heavy atom. The van der Waals surface area contributed by atoms with Crippen LogP contribution in [0, 0.1) is 0 Å². The van der Waals surface area contributed by atoms with E-state index in [0.29, 0.717) is 32.1 Å². The summed E-state index contributed by atoms with van der Waals surface area (Å²) < 4.78 is 752. The third kappa shape index (κ3) is 37.7. The van der Waals surface area contributed by atoms with Gasteiger partial charge in [0.25, 0.3) is 0 Å². The van der Waals surface area contributed by atoms with Crippen LogP contribution in [0.3, 0.4) is 0 Å². The Labute approximate surface area is 809 Å². The van der Waals surface area contributed by atoms with Crippen molar-refractivity contribution in [1.29, 1.82) is 0 Å². The molecule has 0 aliphatic heterocycles. The van der Waals surface area contributed by atoms with Gasteiger partial charge in [-0.1, -0.05) is 45.4 Å². The number of hydrogen-bond donors (Lipinski definition) is 18. The second-order valence-electron chi connectivity index (χ2n) is 32.3. The second-order valence-corrected chi connectivity index (χ2v) is 47.5. The van der Waals surface area contributed by atoms with Gasteiger partial charge < -0.3 is 102 Å². The maximum Gasteiger partial charge on any atom is 0.488 e. The van der Waals surface area contributed by atoms with E-state index in [0.717, 1.165) is 32.1 Å². The molecule has 0 aliphatic rings. The van der Waals surface area contributed by atoms with Gasteiger partial charge in [0.2, 0.25) is 0 Å². The minimum atomic E-state index is -8.73. The fraction of sp³-hybridized carbons (Fsp3) is 0.909. The molecule has 0 aliphatic carbocycles. The molecule has 18 N–H and O–H groups in total. The first-order valence-electron chi connectivity index (χ1n) is 41.1. The van der Waals surface area contributed by atoms with Crippen LogP contribution >= 0.6 is 0 Å². The van der Waals surface area contributed by atoms with Gasteiger partial charge >= 0.3 is 201 Å². The molecule has 0 rings (SSSR count). The van der Waals surface area contributed by atoms with Crippen LogP contribution in [-0.4, -0.2) is 346 Å². The number of allylic oxidation sites excluding steroid dienone is 3. The highest BCUT2D eigenvalue weighted by molar-refractivity contribution is 6.76. The largest absolute Gasteiger partial charge is 0.488 e. The number of alkyl halides is 53. The fourth-order valence-electron chi connectivity index (χ4n) is 10.7. The van der Waals surface area contributed by atoms with Crippen LogP contribution in [0.5, 0.6) is 0 Å². The molecule has 0 fully saturated rings. The maximum atomic E-state index is 14.0. The summed E-state index contributed by atoms with van der Waals surface area (Å²) in [7, 11) is -30.5. The molecule has 21 nitrogen and oxygen atoms in total. The molecule has 0 amide bonds. The summed E-state index contributed by atoms with van der Waals surface area (Å²) in [6.45, 7) is -1.46. The lowest BCUT2D eigenvalue weighted by Crippen LogP contribution is -2.72. The van der Waals surface area contributed by atoms with Gasteiger partial charge in [0.15, 0.2) is 17.5 Å². The number of rotatable bonds is 69. The van der Waals surface area contributed by atoms with Gasteiger partial charge in [-0.05, 0) is 69.7 Å². The van der Waals surface area contributed by atoms with E-state index in [2.05, 4.69) is 47.1 Å². The Morgan fingerprint density at radius 1 is 0.221 bits per heavy atom. The van der Waals surface area contributed by atoms with Crippen molar-refractivity contribution in [3.8, 4) is 0 Å². The third-order valence-electron chi connectivity index (χ3n) is 19.4. The van der Waals surface area contributed by atoms with Crippen LogP contribution in [0.15, 0.2) is 35.7 Å². The average molecular weight is 2440 g/mol. The molecule has 0 aromatic carbocycles. The monoisotopic (exact) mass is 2440 g/mol. The SMILES string of the molecule is CC(F)(F)C(F)(F)C(F)(F)C(F)(F)C(F)(F)C(F)(F)CC[Si](O)(O)O[Si](O)(O)CCCNC/C=C(\F)C(F)(F)C(F)(F)C(F)(F)C(F)(F)C(F)(F)C(F)(F)C(F)(F)F.CC(F)(F)C(F)(F)C(F)(F)C(F)(F)C(F)(F)C(F)(F)CC[Si](O)(O)O[Si](O)(O)CCCNCCNCCNC/C=C(\F)C(F)(F)C(F)(F)C(F)(F)F.CCCCCCCC[Si](C)(O)O[Si](O)(O)CCCNCCNCCNC/C=C(\F)C(F)(F)C(F)(F)C(F)(F)F. The Bertz CT molecular complexity index is 4100. The number of nitrogens with one attached hydrogen (secondary N) is 7. The molecule has 1 atom stereocenters. The molecule has 0 spiro atoms. The maximum absolute atomic E-state index is 14.0. The minimum absolute atomic E-state index is 0.0185. The van der Waals surface area contributed by atoms with E-state index in [1.807, 2.05) is 0 Å². The van der Waals surface area contributed by atoms with Crippen LogP contribution in [0.25, 0.3) is 0 Å². The van der Waals surface area contributed by atoms with Crippen molar-refractivity contribution in [2.75, 3.05) is 91.6 Å². The molecule has 83 heteroatoms. The molecule has 0 saturated heterocycles. The van der Waals surface area contributed by atoms with E-state index >= 15 is 0 Å². The van der Waals surface area contributed by atoms with Gasteiger partial charge in [-0.3, -0.25) is 0 Å². The topological polar surface area (TPSA) is 334 Å². The normalized spacial score (nSPS) is 16.1. The first-order chi connectivity index (χ1) is 65.5. The van der Waals surface area contributed by atoms with Gasteiger partial charge in [-0.2, -0.15) is 233 Å². The third-order valence-corrected chi connectivity index (χ3v) is 33.8. The zero-order valence-corrected chi connectivity index (χ0v) is 81.5. The van der Waals surface area contributed by atoms with Crippen LogP contribution in [-0.2, 0) is 12.3 Å². The van der Waals surface area contributed by atoms with Crippen molar-refractivity contribution in [2.24, 2.45) is 0 Å². The Kier molecular flexibility index (Phi) is 53.1. The fourth-order valence-corrected chi connectivity index (χ4v) is 24.2. The van der Waals surface area contributed by atoms with Crippen molar-refractivity contribution in [3.63, 3.8) is 0 Å². The Morgan fingerprint density at radius 3 is 0.691 bits per heavy atom. The number of halogens is 56. The Balaban J connectivity index is -0.00000219. The van der Waals surface area contributed by atoms with Crippen LogP contribution < -0.4 is 37.2 Å². The highest BCUT2D eigenvalue weighted by Gasteiger charge is 2.95. The van der Waals surface area contributed by atoms with E-state index < -0.39 is 308 Å². The molecular weight excluding hydrogens is 2350 g/mol. The van der Waals surface area contributed by atoms with Crippen LogP contribution in [0.1, 0.15) is 91.4 Å². The van der Waals surface area contributed by atoms with E-state index in [-0.39, 0.29) is 70.4 Å². The van der Waals surface area contributed by atoms with E-state index in [1.165, 1.54) is 6.42 Å². The van der Waals surface area contributed by atoms with Gasteiger partial charge in [-0.25, -0.2) is 13.2 Å². The van der Waals surface area contributed by atoms with Gasteiger partial charge in [0, 0.05) is 129 Å². The quantitative estimate of drug-likeness (QED) is 0.0153. The lowest BCUT2D eigenvalue weighted by atomic mass is 9.90. The number of unbranched alkanes of at least 4 members (excludes halogenated alkanes) is 5. The highest BCUT2D eigenvalue weighted by Crippen LogP contribution is 2.66. The van der Waals surface area contributed by atoms with Gasteiger partial charge in [0.1, 0.15) is 0 Å². The first kappa shape index (κ1) is 149. The van der Waals surface area contributed by atoms with Crippen molar-refractivity contribution < 1.29 is 311 Å². The van der Waals surface area contributed by atoms with Crippen LogP contribution in [0.4, 0.5) is 246 Å². The summed E-state index contributed by atoms with van der Waals surface area (Å²) in [6, 6.07) is -6.68. The molecule has 0 heterocycles. The minimum Gasteiger partial charge on any atom is -0.411 e. The standard InChI is InChI=1S/C22H21F28NO5Si2.C22H31F20N3O5Si2.C22H43F8N3O4Si2/c1-10(24,25)13(30,31)16(36,37)17(38,39)14(32,33)11(26,27)4-8-58(54,55)56-57(52,53)7-2-5-51-6-3-9(23)12(28,29)15(34,35)18(40,41)19(42,43)20(44,45)21(46,47)22(48,49)50;1-14(24,25)17(30,31)20(36,37)21(38,39)18(32,33)15(26,27)4-12-52(48,49)50-51(46,47)11-2-5-43-7-9-45-10-8-44-6-3-13(23)16(28,29)19(34,35)22(40,41)42;1-3-4-5-6-7-8-17-38(2,34)37-39(35,36)18-9-11-31-13-15-33-16-14-32-12-10-19(23)20(24,25)21(26,27)22(28,29)30/h3,51-55H,2,4-8H2,1H3;3,43-49H,2,4-12H2,1H3;10,31-36H,3-9,11-18H2,1-2H3/b9-3-;13-3-;19-10-.